The molecule has 0 N–H and O–H groups in total. The second-order valence-electron chi connectivity index (χ2n) is 3.27. The molecule has 0 amide bonds. The fourth-order valence-corrected chi connectivity index (χ4v) is 2.50. The number of halogens is 2. The lowest BCUT2D eigenvalue weighted by atomic mass is 10.1. The normalized spacial score (nSPS) is 12.4. The maximum atomic E-state index is 6.17. The van der Waals surface area contributed by atoms with Gasteiger partial charge in [-0.05, 0) is 29.8 Å². The van der Waals surface area contributed by atoms with Gasteiger partial charge in [-0.3, -0.25) is 0 Å². The van der Waals surface area contributed by atoms with Gasteiger partial charge in [-0.15, -0.1) is 0 Å². The zero-order chi connectivity index (χ0) is 11.5. The number of alkyl halides is 1. The summed E-state index contributed by atoms with van der Waals surface area (Å²) in [5, 5.41) is 0.651. The van der Waals surface area contributed by atoms with Crippen molar-refractivity contribution in [3.63, 3.8) is 0 Å². The van der Waals surface area contributed by atoms with E-state index in [0.29, 0.717) is 5.02 Å². The van der Waals surface area contributed by atoms with E-state index in [4.69, 9.17) is 20.8 Å². The minimum absolute atomic E-state index is 0.0408. The van der Waals surface area contributed by atoms with Gasteiger partial charge in [0.05, 0.1) is 18.2 Å². The van der Waals surface area contributed by atoms with Crippen LogP contribution in [0.4, 0.5) is 0 Å². The minimum Gasteiger partial charge on any atom is -0.497 e. The van der Waals surface area contributed by atoms with Crippen LogP contribution >= 0.6 is 27.5 Å². The highest BCUT2D eigenvalue weighted by molar-refractivity contribution is 9.09. The fourth-order valence-electron chi connectivity index (χ4n) is 1.43. The smallest absolute Gasteiger partial charge is 0.121 e. The van der Waals surface area contributed by atoms with Crippen molar-refractivity contribution in [2.24, 2.45) is 0 Å². The van der Waals surface area contributed by atoms with Crippen LogP contribution in [0.3, 0.4) is 0 Å². The fraction of sp³-hybridized carbons (Fsp3) is 0.167. The number of rotatable bonds is 3. The third-order valence-corrected chi connectivity index (χ3v) is 3.55. The topological polar surface area (TPSA) is 22.4 Å². The molecule has 0 aliphatic rings. The van der Waals surface area contributed by atoms with E-state index >= 15 is 0 Å². The van der Waals surface area contributed by atoms with Crippen LogP contribution in [0.5, 0.6) is 5.75 Å². The lowest BCUT2D eigenvalue weighted by Crippen LogP contribution is -1.93. The van der Waals surface area contributed by atoms with Crippen LogP contribution in [0, 0.1) is 0 Å². The summed E-state index contributed by atoms with van der Waals surface area (Å²) in [7, 11) is 1.61. The molecular weight excluding hydrogens is 291 g/mol. The lowest BCUT2D eigenvalue weighted by molar-refractivity contribution is 0.414. The van der Waals surface area contributed by atoms with Crippen molar-refractivity contribution in [1.82, 2.24) is 0 Å². The highest BCUT2D eigenvalue weighted by Crippen LogP contribution is 2.36. The molecule has 2 aromatic rings. The van der Waals surface area contributed by atoms with Crippen LogP contribution in [0.25, 0.3) is 0 Å². The average molecular weight is 302 g/mol. The van der Waals surface area contributed by atoms with Crippen LogP contribution in [0.15, 0.2) is 41.0 Å². The van der Waals surface area contributed by atoms with Gasteiger partial charge in [0, 0.05) is 5.02 Å². The molecule has 0 saturated heterocycles. The molecule has 0 fully saturated rings. The van der Waals surface area contributed by atoms with E-state index in [1.807, 2.05) is 24.3 Å². The molecule has 1 aromatic heterocycles. The van der Waals surface area contributed by atoms with Gasteiger partial charge in [0.15, 0.2) is 0 Å². The Balaban J connectivity index is 2.34. The number of benzene rings is 1. The molecule has 2 nitrogen and oxygen atoms in total. The molecule has 0 radical (unpaired) electrons. The Labute approximate surface area is 107 Å². The molecule has 0 spiro atoms. The third kappa shape index (κ3) is 2.25. The van der Waals surface area contributed by atoms with Gasteiger partial charge < -0.3 is 9.15 Å². The van der Waals surface area contributed by atoms with Gasteiger partial charge in [0.2, 0.25) is 0 Å². The Hall–Kier alpha value is -0.930. The Bertz CT molecular complexity index is 468. The van der Waals surface area contributed by atoms with Crippen molar-refractivity contribution >= 4 is 27.5 Å². The van der Waals surface area contributed by atoms with Crippen molar-refractivity contribution in [1.29, 1.82) is 0 Å². The van der Waals surface area contributed by atoms with Crippen molar-refractivity contribution in [2.75, 3.05) is 7.11 Å². The SMILES string of the molecule is COc1ccc(C(Br)c2ccco2)c(Cl)c1. The summed E-state index contributed by atoms with van der Waals surface area (Å²) in [4.78, 5) is -0.0408. The van der Waals surface area contributed by atoms with Gasteiger partial charge in [0.25, 0.3) is 0 Å². The summed E-state index contributed by atoms with van der Waals surface area (Å²) < 4.78 is 10.4. The largest absolute Gasteiger partial charge is 0.497 e. The van der Waals surface area contributed by atoms with Crippen molar-refractivity contribution in [3.05, 3.63) is 52.9 Å². The average Bonchev–Trinajstić information content (AvgIpc) is 2.81. The Morgan fingerprint density at radius 3 is 2.75 bits per heavy atom. The number of methoxy groups -OCH3 is 1. The number of hydrogen-bond acceptors (Lipinski definition) is 2. The van der Waals surface area contributed by atoms with E-state index in [1.54, 1.807) is 19.4 Å². The standard InChI is InChI=1S/C12H10BrClO2/c1-15-8-4-5-9(10(14)7-8)12(13)11-3-2-6-16-11/h2-7,12H,1H3. The molecule has 1 atom stereocenters. The van der Waals surface area contributed by atoms with Crippen LogP contribution in [-0.4, -0.2) is 7.11 Å². The second-order valence-corrected chi connectivity index (χ2v) is 4.59. The number of ether oxygens (including phenoxy) is 1. The zero-order valence-corrected chi connectivity index (χ0v) is 11.0. The van der Waals surface area contributed by atoms with Gasteiger partial charge >= 0.3 is 0 Å². The summed E-state index contributed by atoms with van der Waals surface area (Å²) in [6.07, 6.45) is 1.64. The first-order chi connectivity index (χ1) is 7.72. The molecule has 2 rings (SSSR count). The first-order valence-electron chi connectivity index (χ1n) is 4.73. The lowest BCUT2D eigenvalue weighted by Gasteiger charge is -2.10. The molecule has 1 heterocycles. The van der Waals surface area contributed by atoms with E-state index in [9.17, 15) is 0 Å². The van der Waals surface area contributed by atoms with Gasteiger partial charge in [-0.1, -0.05) is 33.6 Å². The molecule has 1 aromatic carbocycles. The maximum Gasteiger partial charge on any atom is 0.121 e. The Morgan fingerprint density at radius 2 is 2.19 bits per heavy atom. The van der Waals surface area contributed by atoms with E-state index in [-0.39, 0.29) is 4.83 Å². The molecular formula is C12H10BrClO2. The van der Waals surface area contributed by atoms with E-state index in [2.05, 4.69) is 15.9 Å². The van der Waals surface area contributed by atoms with Gasteiger partial charge in [0.1, 0.15) is 11.5 Å². The molecule has 84 valence electrons. The summed E-state index contributed by atoms with van der Waals surface area (Å²) in [5.41, 5.74) is 0.956. The first kappa shape index (κ1) is 11.6. The van der Waals surface area contributed by atoms with Crippen molar-refractivity contribution in [2.45, 2.75) is 4.83 Å². The third-order valence-electron chi connectivity index (χ3n) is 2.27. The number of hydrogen-bond donors (Lipinski definition) is 0. The highest BCUT2D eigenvalue weighted by atomic mass is 79.9. The van der Waals surface area contributed by atoms with Crippen LogP contribution < -0.4 is 4.74 Å². The van der Waals surface area contributed by atoms with Crippen molar-refractivity contribution in [3.8, 4) is 5.75 Å². The summed E-state index contributed by atoms with van der Waals surface area (Å²) in [5.74, 6) is 1.57. The minimum atomic E-state index is -0.0408. The molecule has 0 saturated carbocycles. The van der Waals surface area contributed by atoms with E-state index < -0.39 is 0 Å². The maximum absolute atomic E-state index is 6.17. The summed E-state index contributed by atoms with van der Waals surface area (Å²) >= 11 is 9.72. The van der Waals surface area contributed by atoms with E-state index in [1.165, 1.54) is 0 Å². The van der Waals surface area contributed by atoms with Crippen LogP contribution in [0.2, 0.25) is 5.02 Å². The molecule has 1 unspecified atom stereocenters. The van der Waals surface area contributed by atoms with Crippen LogP contribution in [-0.2, 0) is 0 Å². The molecule has 16 heavy (non-hydrogen) atoms. The predicted octanol–water partition coefficient (Wildman–Crippen LogP) is 4.43. The van der Waals surface area contributed by atoms with Gasteiger partial charge in [-0.2, -0.15) is 0 Å². The second kappa shape index (κ2) is 4.93. The van der Waals surface area contributed by atoms with E-state index in [0.717, 1.165) is 17.1 Å². The first-order valence-corrected chi connectivity index (χ1v) is 6.02. The molecule has 0 aliphatic heterocycles. The quantitative estimate of drug-likeness (QED) is 0.783. The Kier molecular flexibility index (Phi) is 3.56. The zero-order valence-electron chi connectivity index (χ0n) is 8.61. The highest BCUT2D eigenvalue weighted by Gasteiger charge is 2.16. The monoisotopic (exact) mass is 300 g/mol. The predicted molar refractivity (Wildman–Crippen MR) is 67.5 cm³/mol. The molecule has 4 heteroatoms. The van der Waals surface area contributed by atoms with Gasteiger partial charge in [-0.25, -0.2) is 0 Å². The molecule has 0 aliphatic carbocycles. The van der Waals surface area contributed by atoms with Crippen molar-refractivity contribution < 1.29 is 9.15 Å². The molecule has 0 bridgehead atoms. The van der Waals surface area contributed by atoms with Crippen LogP contribution in [0.1, 0.15) is 16.2 Å². The summed E-state index contributed by atoms with van der Waals surface area (Å²) in [6, 6.07) is 9.33. The Morgan fingerprint density at radius 1 is 1.38 bits per heavy atom. The number of furan rings is 1. The summed E-state index contributed by atoms with van der Waals surface area (Å²) in [6.45, 7) is 0.